The van der Waals surface area contributed by atoms with E-state index in [1.807, 2.05) is 0 Å². The van der Waals surface area contributed by atoms with Crippen LogP contribution in [0.15, 0.2) is 53.7 Å². The molecule has 0 saturated heterocycles. The highest BCUT2D eigenvalue weighted by atomic mass is 19.4. The highest BCUT2D eigenvalue weighted by Crippen LogP contribution is 2.24. The Morgan fingerprint density at radius 1 is 1.20 bits per heavy atom. The van der Waals surface area contributed by atoms with Gasteiger partial charge < -0.3 is 14.8 Å². The molecule has 11 heteroatoms. The second-order valence-corrected chi connectivity index (χ2v) is 4.44. The fourth-order valence-electron chi connectivity index (χ4n) is 1.54. The number of hydrogen-bond acceptors (Lipinski definition) is 7. The fourth-order valence-corrected chi connectivity index (χ4v) is 1.54. The van der Waals surface area contributed by atoms with Gasteiger partial charge >= 0.3 is 12.4 Å². The van der Waals surface area contributed by atoms with Crippen molar-refractivity contribution in [1.82, 2.24) is 9.97 Å². The number of rotatable bonds is 7. The van der Waals surface area contributed by atoms with Gasteiger partial charge in [-0.05, 0) is 24.3 Å². The average molecular weight is 357 g/mol. The van der Waals surface area contributed by atoms with Crippen molar-refractivity contribution < 1.29 is 27.0 Å². The standard InChI is InChI=1S/C14H11F4N5O2/c15-9-5-21-13(22-6-9)24-8-11(23-19)7-20-10-1-3-12(4-2-10)25-14(16,17)18/h1-7,19-20H,8H2/b11-7-,23-19?. The number of hydrogen-bond donors (Lipinski definition) is 2. The SMILES string of the molecule is N=N/C(=C\Nc1ccc(OC(F)(F)F)cc1)COc1ncc(F)cn1. The van der Waals surface area contributed by atoms with E-state index in [0.717, 1.165) is 24.5 Å². The number of alkyl halides is 3. The molecule has 2 N–H and O–H groups in total. The number of benzene rings is 1. The number of halogens is 4. The van der Waals surface area contributed by atoms with E-state index < -0.39 is 12.2 Å². The van der Waals surface area contributed by atoms with Crippen LogP contribution in [0.3, 0.4) is 0 Å². The quantitative estimate of drug-likeness (QED) is 0.579. The van der Waals surface area contributed by atoms with Crippen LogP contribution in [-0.2, 0) is 0 Å². The van der Waals surface area contributed by atoms with Crippen molar-refractivity contribution in [3.8, 4) is 11.8 Å². The minimum Gasteiger partial charge on any atom is -0.457 e. The van der Waals surface area contributed by atoms with Crippen LogP contribution in [0.25, 0.3) is 0 Å². The van der Waals surface area contributed by atoms with Gasteiger partial charge in [-0.2, -0.15) is 5.11 Å². The first kappa shape index (κ1) is 18.1. The second-order valence-electron chi connectivity index (χ2n) is 4.44. The first-order valence-electron chi connectivity index (χ1n) is 6.65. The van der Waals surface area contributed by atoms with E-state index in [4.69, 9.17) is 10.3 Å². The molecule has 0 unspecified atom stereocenters. The number of ether oxygens (including phenoxy) is 2. The molecule has 0 saturated carbocycles. The van der Waals surface area contributed by atoms with Crippen molar-refractivity contribution >= 4 is 5.69 Å². The van der Waals surface area contributed by atoms with E-state index >= 15 is 0 Å². The predicted molar refractivity (Wildman–Crippen MR) is 77.5 cm³/mol. The fraction of sp³-hybridized carbons (Fsp3) is 0.143. The van der Waals surface area contributed by atoms with Crippen molar-refractivity contribution in [3.63, 3.8) is 0 Å². The zero-order valence-electron chi connectivity index (χ0n) is 12.4. The van der Waals surface area contributed by atoms with E-state index in [1.54, 1.807) is 0 Å². The molecule has 132 valence electrons. The molecular formula is C14H11F4N5O2. The van der Waals surface area contributed by atoms with Gasteiger partial charge in [-0.1, -0.05) is 0 Å². The lowest BCUT2D eigenvalue weighted by Gasteiger charge is -2.09. The lowest BCUT2D eigenvalue weighted by Crippen LogP contribution is -2.16. The van der Waals surface area contributed by atoms with E-state index in [0.29, 0.717) is 5.69 Å². The van der Waals surface area contributed by atoms with Crippen LogP contribution < -0.4 is 14.8 Å². The molecule has 1 aromatic heterocycles. The summed E-state index contributed by atoms with van der Waals surface area (Å²) in [5, 5.41) is 5.96. The second kappa shape index (κ2) is 8.04. The van der Waals surface area contributed by atoms with Crippen LogP contribution >= 0.6 is 0 Å². The number of nitrogens with one attached hydrogen (secondary N) is 2. The van der Waals surface area contributed by atoms with E-state index in [2.05, 4.69) is 25.1 Å². The van der Waals surface area contributed by atoms with Crippen LogP contribution in [0.4, 0.5) is 23.2 Å². The van der Waals surface area contributed by atoms with Crippen molar-refractivity contribution in [2.24, 2.45) is 5.11 Å². The predicted octanol–water partition coefficient (Wildman–Crippen LogP) is 3.88. The maximum Gasteiger partial charge on any atom is 0.573 e. The normalized spacial score (nSPS) is 11.8. The maximum absolute atomic E-state index is 12.7. The van der Waals surface area contributed by atoms with Crippen LogP contribution in [0.1, 0.15) is 0 Å². The van der Waals surface area contributed by atoms with Crippen molar-refractivity contribution in [2.75, 3.05) is 11.9 Å². The molecule has 0 amide bonds. The van der Waals surface area contributed by atoms with Gasteiger partial charge in [0.1, 0.15) is 18.1 Å². The van der Waals surface area contributed by atoms with Crippen molar-refractivity contribution in [3.05, 3.63) is 54.4 Å². The van der Waals surface area contributed by atoms with Crippen LogP contribution in [0.2, 0.25) is 0 Å². The summed E-state index contributed by atoms with van der Waals surface area (Å²) in [4.78, 5) is 7.15. The maximum atomic E-state index is 12.7. The molecule has 0 radical (unpaired) electrons. The molecule has 0 aliphatic rings. The zero-order valence-corrected chi connectivity index (χ0v) is 12.4. The Labute approximate surface area is 138 Å². The topological polar surface area (TPSA) is 92.5 Å². The first-order chi connectivity index (χ1) is 11.9. The summed E-state index contributed by atoms with van der Waals surface area (Å²) in [6.45, 7) is -0.169. The Kier molecular flexibility index (Phi) is 5.82. The van der Waals surface area contributed by atoms with Gasteiger partial charge in [0.2, 0.25) is 0 Å². The highest BCUT2D eigenvalue weighted by Gasteiger charge is 2.30. The summed E-state index contributed by atoms with van der Waals surface area (Å²) in [5.74, 6) is -0.975. The largest absolute Gasteiger partial charge is 0.573 e. The average Bonchev–Trinajstić information content (AvgIpc) is 2.56. The molecule has 2 rings (SSSR count). The number of aromatic nitrogens is 2. The molecule has 0 fully saturated rings. The van der Waals surface area contributed by atoms with Gasteiger partial charge in [-0.3, -0.25) is 0 Å². The molecule has 7 nitrogen and oxygen atoms in total. The molecule has 0 aliphatic carbocycles. The van der Waals surface area contributed by atoms with Crippen molar-refractivity contribution in [2.45, 2.75) is 6.36 Å². The number of anilines is 1. The smallest absolute Gasteiger partial charge is 0.457 e. The molecule has 0 atom stereocenters. The monoisotopic (exact) mass is 357 g/mol. The minimum absolute atomic E-state index is 0.0930. The minimum atomic E-state index is -4.76. The third-order valence-corrected chi connectivity index (χ3v) is 2.58. The Morgan fingerprint density at radius 3 is 2.40 bits per heavy atom. The zero-order chi connectivity index (χ0) is 18.3. The highest BCUT2D eigenvalue weighted by molar-refractivity contribution is 5.48. The third kappa shape index (κ3) is 6.41. The van der Waals surface area contributed by atoms with Gasteiger partial charge in [0.05, 0.1) is 12.4 Å². The summed E-state index contributed by atoms with van der Waals surface area (Å²) in [6.07, 6.45) is -1.60. The Morgan fingerprint density at radius 2 is 1.84 bits per heavy atom. The van der Waals surface area contributed by atoms with E-state index in [1.165, 1.54) is 18.3 Å². The van der Waals surface area contributed by atoms with Crippen LogP contribution in [0, 0.1) is 11.3 Å². The molecule has 25 heavy (non-hydrogen) atoms. The lowest BCUT2D eigenvalue weighted by atomic mass is 10.3. The summed E-state index contributed by atoms with van der Waals surface area (Å²) in [5.41, 5.74) is 7.63. The van der Waals surface area contributed by atoms with E-state index in [-0.39, 0.29) is 24.1 Å². The molecule has 0 spiro atoms. The Balaban J connectivity index is 1.91. The van der Waals surface area contributed by atoms with Crippen molar-refractivity contribution in [1.29, 1.82) is 5.53 Å². The third-order valence-electron chi connectivity index (χ3n) is 2.58. The summed E-state index contributed by atoms with van der Waals surface area (Å²) < 4.78 is 57.7. The molecule has 1 heterocycles. The lowest BCUT2D eigenvalue weighted by molar-refractivity contribution is -0.274. The van der Waals surface area contributed by atoms with Crippen LogP contribution in [0.5, 0.6) is 11.8 Å². The molecular weight excluding hydrogens is 346 g/mol. The molecule has 0 aliphatic heterocycles. The Hall–Kier alpha value is -3.24. The molecule has 2 aromatic rings. The molecule has 1 aromatic carbocycles. The van der Waals surface area contributed by atoms with Gasteiger partial charge in [0.15, 0.2) is 5.82 Å². The first-order valence-corrected chi connectivity index (χ1v) is 6.65. The number of nitrogens with zero attached hydrogens (tertiary/aromatic N) is 3. The summed E-state index contributed by atoms with van der Waals surface area (Å²) >= 11 is 0. The molecule has 0 bridgehead atoms. The van der Waals surface area contributed by atoms with Gasteiger partial charge in [-0.15, -0.1) is 13.2 Å². The van der Waals surface area contributed by atoms with Gasteiger partial charge in [0, 0.05) is 11.9 Å². The Bertz CT molecular complexity index is 732. The van der Waals surface area contributed by atoms with E-state index in [9.17, 15) is 17.6 Å². The van der Waals surface area contributed by atoms with Gasteiger partial charge in [0.25, 0.3) is 0 Å². The van der Waals surface area contributed by atoms with Crippen LogP contribution in [-0.4, -0.2) is 22.9 Å². The van der Waals surface area contributed by atoms with Gasteiger partial charge in [-0.25, -0.2) is 19.9 Å². The summed E-state index contributed by atoms with van der Waals surface area (Å²) in [7, 11) is 0. The summed E-state index contributed by atoms with van der Waals surface area (Å²) in [6, 6.07) is 4.87.